The van der Waals surface area contributed by atoms with Gasteiger partial charge in [0.05, 0.1) is 5.92 Å². The van der Waals surface area contributed by atoms with Gasteiger partial charge in [-0.1, -0.05) is 15.9 Å². The Bertz CT molecular complexity index is 489. The van der Waals surface area contributed by atoms with Gasteiger partial charge in [-0.2, -0.15) is 0 Å². The number of halogens is 1. The molecule has 1 aromatic carbocycles. The minimum Gasteiger partial charge on any atom is -0.299 e. The molecule has 0 N–H and O–H groups in total. The Morgan fingerprint density at radius 1 is 1.31 bits per heavy atom. The number of ketones is 2. The second kappa shape index (κ2) is 3.52. The van der Waals surface area contributed by atoms with E-state index in [0.717, 1.165) is 28.4 Å². The molecule has 1 fully saturated rings. The lowest BCUT2D eigenvalue weighted by Crippen LogP contribution is -2.22. The highest BCUT2D eigenvalue weighted by molar-refractivity contribution is 9.10. The Balaban J connectivity index is 1.93. The predicted octanol–water partition coefficient (Wildman–Crippen LogP) is 2.78. The van der Waals surface area contributed by atoms with Crippen LogP contribution in [0.2, 0.25) is 0 Å². The van der Waals surface area contributed by atoms with E-state index < -0.39 is 5.92 Å². The van der Waals surface area contributed by atoms with Gasteiger partial charge in [0.15, 0.2) is 5.78 Å². The van der Waals surface area contributed by atoms with E-state index in [1.165, 1.54) is 0 Å². The van der Waals surface area contributed by atoms with Crippen LogP contribution in [-0.2, 0) is 11.2 Å². The predicted molar refractivity (Wildman–Crippen MR) is 63.4 cm³/mol. The molecule has 16 heavy (non-hydrogen) atoms. The summed E-state index contributed by atoms with van der Waals surface area (Å²) in [5.74, 6) is -0.0276. The van der Waals surface area contributed by atoms with Crippen molar-refractivity contribution < 1.29 is 9.59 Å². The molecule has 3 heteroatoms. The summed E-state index contributed by atoms with van der Waals surface area (Å²) in [6.07, 6.45) is 2.55. The van der Waals surface area contributed by atoms with Crippen molar-refractivity contribution in [1.82, 2.24) is 0 Å². The second-order valence-corrected chi connectivity index (χ2v) is 5.51. The number of benzene rings is 1. The van der Waals surface area contributed by atoms with E-state index in [4.69, 9.17) is 0 Å². The van der Waals surface area contributed by atoms with Crippen molar-refractivity contribution >= 4 is 27.5 Å². The summed E-state index contributed by atoms with van der Waals surface area (Å²) in [6.45, 7) is 0. The first-order valence-corrected chi connectivity index (χ1v) is 6.32. The maximum absolute atomic E-state index is 12.0. The van der Waals surface area contributed by atoms with Crippen molar-refractivity contribution in [3.8, 4) is 0 Å². The summed E-state index contributed by atoms with van der Waals surface area (Å²) in [6, 6.07) is 5.63. The number of Topliss-reactive ketones (excluding diaryl/α,β-unsaturated/α-hetero) is 2. The van der Waals surface area contributed by atoms with Gasteiger partial charge in [0.25, 0.3) is 0 Å². The molecule has 1 saturated carbocycles. The quantitative estimate of drug-likeness (QED) is 0.780. The number of carbonyl (C=O) groups is 2. The molecule has 0 bridgehead atoms. The first kappa shape index (κ1) is 10.2. The first-order valence-electron chi connectivity index (χ1n) is 5.53. The van der Waals surface area contributed by atoms with E-state index in [9.17, 15) is 9.59 Å². The molecule has 2 nitrogen and oxygen atoms in total. The van der Waals surface area contributed by atoms with Gasteiger partial charge in [-0.05, 0) is 43.0 Å². The van der Waals surface area contributed by atoms with Gasteiger partial charge in [-0.25, -0.2) is 0 Å². The molecule has 0 saturated heterocycles. The Morgan fingerprint density at radius 3 is 2.75 bits per heavy atom. The molecule has 1 unspecified atom stereocenters. The SMILES string of the molecule is O=C1c2ccc(Br)cc2CC1C(=O)C1CC1. The second-order valence-electron chi connectivity index (χ2n) is 4.60. The van der Waals surface area contributed by atoms with Crippen LogP contribution in [0, 0.1) is 11.8 Å². The Labute approximate surface area is 102 Å². The van der Waals surface area contributed by atoms with Crippen LogP contribution >= 0.6 is 15.9 Å². The average Bonchev–Trinajstić information content (AvgIpc) is 3.04. The minimum absolute atomic E-state index is 0.0272. The molecule has 2 aliphatic rings. The summed E-state index contributed by atoms with van der Waals surface area (Å²) in [5.41, 5.74) is 1.75. The summed E-state index contributed by atoms with van der Waals surface area (Å²) >= 11 is 3.39. The number of hydrogen-bond donors (Lipinski definition) is 0. The largest absolute Gasteiger partial charge is 0.299 e. The maximum atomic E-state index is 12.0. The summed E-state index contributed by atoms with van der Waals surface area (Å²) < 4.78 is 0.971. The zero-order chi connectivity index (χ0) is 11.3. The van der Waals surface area contributed by atoms with E-state index in [0.29, 0.717) is 6.42 Å². The van der Waals surface area contributed by atoms with Gasteiger partial charge in [0.1, 0.15) is 5.78 Å². The van der Waals surface area contributed by atoms with Crippen LogP contribution < -0.4 is 0 Å². The highest BCUT2D eigenvalue weighted by Crippen LogP contribution is 2.37. The number of hydrogen-bond acceptors (Lipinski definition) is 2. The van der Waals surface area contributed by atoms with Crippen LogP contribution in [0.3, 0.4) is 0 Å². The zero-order valence-electron chi connectivity index (χ0n) is 8.70. The molecule has 3 rings (SSSR count). The van der Waals surface area contributed by atoms with E-state index in [1.54, 1.807) is 0 Å². The number of rotatable bonds is 2. The fraction of sp³-hybridized carbons (Fsp3) is 0.385. The van der Waals surface area contributed by atoms with Gasteiger partial charge >= 0.3 is 0 Å². The molecular formula is C13H11BrO2. The third kappa shape index (κ3) is 1.54. The lowest BCUT2D eigenvalue weighted by Gasteiger charge is -2.04. The summed E-state index contributed by atoms with van der Waals surface area (Å²) in [4.78, 5) is 24.0. The Morgan fingerprint density at radius 2 is 2.06 bits per heavy atom. The average molecular weight is 279 g/mol. The van der Waals surface area contributed by atoms with E-state index in [1.807, 2.05) is 18.2 Å². The molecule has 0 heterocycles. The van der Waals surface area contributed by atoms with Crippen molar-refractivity contribution in [2.45, 2.75) is 19.3 Å². The first-order chi connectivity index (χ1) is 7.66. The van der Waals surface area contributed by atoms with E-state index in [-0.39, 0.29) is 17.5 Å². The smallest absolute Gasteiger partial charge is 0.173 e. The van der Waals surface area contributed by atoms with Crippen molar-refractivity contribution in [1.29, 1.82) is 0 Å². The Kier molecular flexibility index (Phi) is 2.25. The molecule has 2 aliphatic carbocycles. The lowest BCUT2D eigenvalue weighted by atomic mass is 9.96. The van der Waals surface area contributed by atoms with E-state index in [2.05, 4.69) is 15.9 Å². The molecule has 82 valence electrons. The van der Waals surface area contributed by atoms with Crippen molar-refractivity contribution in [3.63, 3.8) is 0 Å². The van der Waals surface area contributed by atoms with Crippen LogP contribution in [0.1, 0.15) is 28.8 Å². The molecule has 1 aromatic rings. The van der Waals surface area contributed by atoms with Crippen LogP contribution in [0.15, 0.2) is 22.7 Å². The number of fused-ring (bicyclic) bond motifs is 1. The third-order valence-corrected chi connectivity index (χ3v) is 3.89. The number of carbonyl (C=O) groups excluding carboxylic acids is 2. The van der Waals surface area contributed by atoms with Gasteiger partial charge in [-0.15, -0.1) is 0 Å². The minimum atomic E-state index is -0.392. The molecule has 0 spiro atoms. The third-order valence-electron chi connectivity index (χ3n) is 3.40. The van der Waals surface area contributed by atoms with Crippen molar-refractivity contribution in [3.05, 3.63) is 33.8 Å². The maximum Gasteiger partial charge on any atom is 0.173 e. The Hall–Kier alpha value is -0.960. The zero-order valence-corrected chi connectivity index (χ0v) is 10.3. The molecule has 1 atom stereocenters. The van der Waals surface area contributed by atoms with Crippen molar-refractivity contribution in [2.75, 3.05) is 0 Å². The van der Waals surface area contributed by atoms with Gasteiger partial charge < -0.3 is 0 Å². The summed E-state index contributed by atoms with van der Waals surface area (Å²) in [7, 11) is 0. The molecule has 0 radical (unpaired) electrons. The normalized spacial score (nSPS) is 23.3. The standard InChI is InChI=1S/C13H11BrO2/c14-9-3-4-10-8(5-9)6-11(13(10)16)12(15)7-1-2-7/h3-5,7,11H,1-2,6H2. The molecule has 0 aliphatic heterocycles. The van der Waals surface area contributed by atoms with Crippen LogP contribution in [0.25, 0.3) is 0 Å². The molecular weight excluding hydrogens is 268 g/mol. The monoisotopic (exact) mass is 278 g/mol. The van der Waals surface area contributed by atoms with Crippen molar-refractivity contribution in [2.24, 2.45) is 11.8 Å². The van der Waals surface area contributed by atoms with Gasteiger partial charge in [-0.3, -0.25) is 9.59 Å². The molecule has 0 aromatic heterocycles. The van der Waals surface area contributed by atoms with Crippen LogP contribution in [0.4, 0.5) is 0 Å². The topological polar surface area (TPSA) is 34.1 Å². The summed E-state index contributed by atoms with van der Waals surface area (Å²) in [5, 5.41) is 0. The highest BCUT2D eigenvalue weighted by Gasteiger charge is 2.42. The van der Waals surface area contributed by atoms with Crippen LogP contribution in [0.5, 0.6) is 0 Å². The van der Waals surface area contributed by atoms with Gasteiger partial charge in [0.2, 0.25) is 0 Å². The fourth-order valence-corrected chi connectivity index (χ4v) is 2.76. The van der Waals surface area contributed by atoms with Gasteiger partial charge in [0, 0.05) is 16.0 Å². The van der Waals surface area contributed by atoms with Crippen LogP contribution in [-0.4, -0.2) is 11.6 Å². The highest BCUT2D eigenvalue weighted by atomic mass is 79.9. The van der Waals surface area contributed by atoms with E-state index >= 15 is 0 Å². The lowest BCUT2D eigenvalue weighted by molar-refractivity contribution is -0.122. The molecule has 0 amide bonds. The fourth-order valence-electron chi connectivity index (χ4n) is 2.35.